The Morgan fingerprint density at radius 1 is 1.13 bits per heavy atom. The first-order chi connectivity index (χ1) is 7.18. The Morgan fingerprint density at radius 2 is 1.80 bits per heavy atom. The van der Waals surface area contributed by atoms with E-state index in [0.717, 1.165) is 38.8 Å². The van der Waals surface area contributed by atoms with Crippen LogP contribution in [0.3, 0.4) is 0 Å². The van der Waals surface area contributed by atoms with E-state index in [1.807, 2.05) is 6.92 Å². The molecule has 0 aromatic rings. The summed E-state index contributed by atoms with van der Waals surface area (Å²) in [4.78, 5) is 0. The van der Waals surface area contributed by atoms with Gasteiger partial charge in [-0.1, -0.05) is 0 Å². The standard InChI is InChI=1S/C10H25NO3Si/c1-5-14-9-8-11-7-6-10-15(4,12-2)13-3/h11H,5-10H2,1-4H3. The monoisotopic (exact) mass is 235 g/mol. The Bertz CT molecular complexity index is 143. The van der Waals surface area contributed by atoms with Gasteiger partial charge in [-0.25, -0.2) is 0 Å². The van der Waals surface area contributed by atoms with Crippen LogP contribution in [0.4, 0.5) is 0 Å². The number of nitrogens with one attached hydrogen (secondary N) is 1. The highest BCUT2D eigenvalue weighted by Gasteiger charge is 2.27. The van der Waals surface area contributed by atoms with E-state index < -0.39 is 8.56 Å². The van der Waals surface area contributed by atoms with E-state index >= 15 is 0 Å². The molecule has 0 fully saturated rings. The van der Waals surface area contributed by atoms with Crippen molar-refractivity contribution in [3.63, 3.8) is 0 Å². The first-order valence-electron chi connectivity index (χ1n) is 5.57. The van der Waals surface area contributed by atoms with Crippen LogP contribution in [0.1, 0.15) is 13.3 Å². The van der Waals surface area contributed by atoms with E-state index in [-0.39, 0.29) is 0 Å². The van der Waals surface area contributed by atoms with Crippen LogP contribution < -0.4 is 5.32 Å². The number of rotatable bonds is 10. The van der Waals surface area contributed by atoms with Gasteiger partial charge in [-0.05, 0) is 32.5 Å². The molecule has 0 aromatic carbocycles. The van der Waals surface area contributed by atoms with E-state index in [4.69, 9.17) is 13.6 Å². The maximum Gasteiger partial charge on any atom is 0.334 e. The summed E-state index contributed by atoms with van der Waals surface area (Å²) in [7, 11) is 1.62. The lowest BCUT2D eigenvalue weighted by atomic mass is 10.5. The summed E-state index contributed by atoms with van der Waals surface area (Å²) in [6.45, 7) is 7.61. The molecule has 0 amide bonds. The number of ether oxygens (including phenoxy) is 1. The molecule has 0 aromatic heterocycles. The average Bonchev–Trinajstić information content (AvgIpc) is 2.27. The fraction of sp³-hybridized carbons (Fsp3) is 1.00. The van der Waals surface area contributed by atoms with Gasteiger partial charge in [0.15, 0.2) is 0 Å². The Kier molecular flexibility index (Phi) is 9.33. The third kappa shape index (κ3) is 7.93. The lowest BCUT2D eigenvalue weighted by molar-refractivity contribution is 0.149. The van der Waals surface area contributed by atoms with E-state index in [9.17, 15) is 0 Å². The van der Waals surface area contributed by atoms with Crippen molar-refractivity contribution in [3.05, 3.63) is 0 Å². The first kappa shape index (κ1) is 15.1. The van der Waals surface area contributed by atoms with Crippen molar-refractivity contribution in [1.29, 1.82) is 0 Å². The molecule has 0 spiro atoms. The maximum atomic E-state index is 5.40. The van der Waals surface area contributed by atoms with Crippen molar-refractivity contribution < 1.29 is 13.6 Å². The summed E-state index contributed by atoms with van der Waals surface area (Å²) in [5.41, 5.74) is 0. The minimum absolute atomic E-state index is 0.791. The van der Waals surface area contributed by atoms with Crippen molar-refractivity contribution in [2.45, 2.75) is 25.9 Å². The van der Waals surface area contributed by atoms with Crippen molar-refractivity contribution >= 4 is 8.56 Å². The van der Waals surface area contributed by atoms with Gasteiger partial charge in [0.05, 0.1) is 6.61 Å². The lowest BCUT2D eigenvalue weighted by Gasteiger charge is -2.22. The summed E-state index contributed by atoms with van der Waals surface area (Å²) >= 11 is 0. The largest absolute Gasteiger partial charge is 0.398 e. The molecule has 0 atom stereocenters. The molecule has 0 aliphatic carbocycles. The van der Waals surface area contributed by atoms with Gasteiger partial charge in [0.1, 0.15) is 0 Å². The zero-order chi connectivity index (χ0) is 11.6. The molecule has 0 saturated heterocycles. The number of hydrogen-bond acceptors (Lipinski definition) is 4. The van der Waals surface area contributed by atoms with Crippen LogP contribution in [0.5, 0.6) is 0 Å². The minimum atomic E-state index is -1.84. The second-order valence-electron chi connectivity index (χ2n) is 3.59. The van der Waals surface area contributed by atoms with E-state index in [1.54, 1.807) is 14.2 Å². The molecule has 0 rings (SSSR count). The van der Waals surface area contributed by atoms with Gasteiger partial charge in [-0.2, -0.15) is 0 Å². The first-order valence-corrected chi connectivity index (χ1v) is 8.09. The van der Waals surface area contributed by atoms with E-state index in [1.165, 1.54) is 0 Å². The van der Waals surface area contributed by atoms with Crippen molar-refractivity contribution in [3.8, 4) is 0 Å². The van der Waals surface area contributed by atoms with Gasteiger partial charge >= 0.3 is 8.56 Å². The SMILES string of the molecule is CCOCCNCCC[Si](C)(OC)OC. The van der Waals surface area contributed by atoms with Crippen LogP contribution >= 0.6 is 0 Å². The van der Waals surface area contributed by atoms with Gasteiger partial charge in [0, 0.05) is 27.4 Å². The van der Waals surface area contributed by atoms with Gasteiger partial charge in [-0.15, -0.1) is 0 Å². The van der Waals surface area contributed by atoms with Crippen LogP contribution in [0, 0.1) is 0 Å². The average molecular weight is 235 g/mol. The molecule has 0 unspecified atom stereocenters. The second kappa shape index (κ2) is 9.29. The van der Waals surface area contributed by atoms with Crippen molar-refractivity contribution in [2.75, 3.05) is 40.5 Å². The fourth-order valence-electron chi connectivity index (χ4n) is 1.24. The van der Waals surface area contributed by atoms with Gasteiger partial charge in [0.25, 0.3) is 0 Å². The summed E-state index contributed by atoms with van der Waals surface area (Å²) in [6.07, 6.45) is 1.09. The van der Waals surface area contributed by atoms with Crippen LogP contribution in [0.15, 0.2) is 0 Å². The van der Waals surface area contributed by atoms with E-state index in [0.29, 0.717) is 0 Å². The van der Waals surface area contributed by atoms with Crippen LogP contribution in [-0.4, -0.2) is 49.1 Å². The predicted octanol–water partition coefficient (Wildman–Crippen LogP) is 1.37. The molecule has 0 aliphatic heterocycles. The fourth-order valence-corrected chi connectivity index (χ4v) is 2.63. The van der Waals surface area contributed by atoms with Crippen molar-refractivity contribution in [2.24, 2.45) is 0 Å². The molecule has 92 valence electrons. The highest BCUT2D eigenvalue weighted by atomic mass is 28.4. The van der Waals surface area contributed by atoms with E-state index in [2.05, 4.69) is 11.9 Å². The second-order valence-corrected chi connectivity index (χ2v) is 7.18. The molecule has 1 N–H and O–H groups in total. The topological polar surface area (TPSA) is 39.7 Å². The molecule has 5 heteroatoms. The van der Waals surface area contributed by atoms with Gasteiger partial charge in [-0.3, -0.25) is 0 Å². The molecule has 0 radical (unpaired) electrons. The Labute approximate surface area is 94.5 Å². The summed E-state index contributed by atoms with van der Waals surface area (Å²) in [5, 5.41) is 3.33. The molecule has 0 bridgehead atoms. The summed E-state index contributed by atoms with van der Waals surface area (Å²) < 4.78 is 16.0. The molecular formula is C10H25NO3Si. The smallest absolute Gasteiger partial charge is 0.334 e. The quantitative estimate of drug-likeness (QED) is 0.458. The van der Waals surface area contributed by atoms with Gasteiger partial charge in [0.2, 0.25) is 0 Å². The van der Waals surface area contributed by atoms with Crippen LogP contribution in [-0.2, 0) is 13.6 Å². The molecule has 0 saturated carbocycles. The highest BCUT2D eigenvalue weighted by molar-refractivity contribution is 6.65. The van der Waals surface area contributed by atoms with Crippen molar-refractivity contribution in [1.82, 2.24) is 5.32 Å². The molecule has 15 heavy (non-hydrogen) atoms. The number of hydrogen-bond donors (Lipinski definition) is 1. The zero-order valence-electron chi connectivity index (χ0n) is 10.5. The van der Waals surface area contributed by atoms with Crippen LogP contribution in [0.2, 0.25) is 12.6 Å². The Hall–Kier alpha value is 0.0569. The third-order valence-electron chi connectivity index (χ3n) is 2.48. The molecular weight excluding hydrogens is 210 g/mol. The predicted molar refractivity (Wildman–Crippen MR) is 64.4 cm³/mol. The molecule has 4 nitrogen and oxygen atoms in total. The lowest BCUT2D eigenvalue weighted by Crippen LogP contribution is -2.36. The Balaban J connectivity index is 3.29. The third-order valence-corrected chi connectivity index (χ3v) is 5.46. The van der Waals surface area contributed by atoms with Crippen LogP contribution in [0.25, 0.3) is 0 Å². The van der Waals surface area contributed by atoms with Gasteiger partial charge < -0.3 is 18.9 Å². The Morgan fingerprint density at radius 3 is 2.33 bits per heavy atom. The molecule has 0 heterocycles. The highest BCUT2D eigenvalue weighted by Crippen LogP contribution is 2.12. The molecule has 0 aliphatic rings. The minimum Gasteiger partial charge on any atom is -0.398 e. The normalized spacial score (nSPS) is 12.0. The maximum absolute atomic E-state index is 5.40. The zero-order valence-corrected chi connectivity index (χ0v) is 11.5. The summed E-state index contributed by atoms with van der Waals surface area (Å²) in [5.74, 6) is 0. The summed E-state index contributed by atoms with van der Waals surface area (Å²) in [6, 6.07) is 1.03.